The Morgan fingerprint density at radius 2 is 1.72 bits per heavy atom. The van der Waals surface area contributed by atoms with Crippen molar-refractivity contribution in [2.45, 2.75) is 69.6 Å². The van der Waals surface area contributed by atoms with Crippen molar-refractivity contribution in [3.8, 4) is 0 Å². The van der Waals surface area contributed by atoms with E-state index in [1.165, 1.54) is 31.4 Å². The molecule has 9 heteroatoms. The summed E-state index contributed by atoms with van der Waals surface area (Å²) in [6.07, 6.45) is 1.87. The van der Waals surface area contributed by atoms with E-state index in [1.54, 1.807) is 6.07 Å². The van der Waals surface area contributed by atoms with Gasteiger partial charge in [0, 0.05) is 12.0 Å². The SMILES string of the molecule is CC1(C)CC(CCN2CCCCC2)(c2cccc(C(F)(F)F)c2)CCO1.O=C(O)C(=O)O. The monoisotopic (exact) mass is 459 g/mol. The van der Waals surface area contributed by atoms with E-state index in [0.29, 0.717) is 6.61 Å². The van der Waals surface area contributed by atoms with Crippen molar-refractivity contribution >= 4 is 11.9 Å². The van der Waals surface area contributed by atoms with E-state index in [4.69, 9.17) is 24.5 Å². The van der Waals surface area contributed by atoms with E-state index in [-0.39, 0.29) is 11.0 Å². The summed E-state index contributed by atoms with van der Waals surface area (Å²) >= 11 is 0. The highest BCUT2D eigenvalue weighted by molar-refractivity contribution is 6.27. The summed E-state index contributed by atoms with van der Waals surface area (Å²) in [6.45, 7) is 7.87. The summed E-state index contributed by atoms with van der Waals surface area (Å²) in [5.74, 6) is -3.65. The third-order valence-corrected chi connectivity index (χ3v) is 6.18. The zero-order valence-electron chi connectivity index (χ0n) is 18.6. The average molecular weight is 460 g/mol. The maximum absolute atomic E-state index is 13.3. The second-order valence-electron chi connectivity index (χ2n) is 9.16. The molecule has 2 fully saturated rings. The molecule has 0 amide bonds. The van der Waals surface area contributed by atoms with Gasteiger partial charge in [0.25, 0.3) is 0 Å². The fraction of sp³-hybridized carbons (Fsp3) is 0.652. The largest absolute Gasteiger partial charge is 0.473 e. The van der Waals surface area contributed by atoms with Crippen molar-refractivity contribution in [1.82, 2.24) is 4.90 Å². The number of hydrogen-bond acceptors (Lipinski definition) is 4. The molecule has 0 bridgehead atoms. The predicted octanol–water partition coefficient (Wildman–Crippen LogP) is 4.56. The van der Waals surface area contributed by atoms with E-state index in [1.807, 2.05) is 6.07 Å². The molecule has 2 aliphatic rings. The van der Waals surface area contributed by atoms with E-state index in [2.05, 4.69) is 18.7 Å². The van der Waals surface area contributed by atoms with Crippen molar-refractivity contribution in [3.63, 3.8) is 0 Å². The Labute approximate surface area is 186 Å². The molecule has 0 aromatic heterocycles. The average Bonchev–Trinajstić information content (AvgIpc) is 2.72. The van der Waals surface area contributed by atoms with Crippen molar-refractivity contribution < 1.29 is 37.7 Å². The number of carbonyl (C=O) groups is 2. The smallest absolute Gasteiger partial charge is 0.416 e. The lowest BCUT2D eigenvalue weighted by Crippen LogP contribution is -2.46. The predicted molar refractivity (Wildman–Crippen MR) is 113 cm³/mol. The molecule has 180 valence electrons. The number of rotatable bonds is 4. The van der Waals surface area contributed by atoms with E-state index in [9.17, 15) is 13.2 Å². The minimum atomic E-state index is -4.30. The van der Waals surface area contributed by atoms with Crippen molar-refractivity contribution in [2.24, 2.45) is 0 Å². The van der Waals surface area contributed by atoms with Crippen LogP contribution in [0.15, 0.2) is 24.3 Å². The van der Waals surface area contributed by atoms with Crippen LogP contribution in [0.1, 0.15) is 63.5 Å². The van der Waals surface area contributed by atoms with Gasteiger partial charge in [0.05, 0.1) is 11.2 Å². The van der Waals surface area contributed by atoms with Crippen LogP contribution in [0.3, 0.4) is 0 Å². The summed E-state index contributed by atoms with van der Waals surface area (Å²) in [5.41, 5.74) is -0.285. The van der Waals surface area contributed by atoms with Gasteiger partial charge in [0.1, 0.15) is 0 Å². The van der Waals surface area contributed by atoms with Gasteiger partial charge in [-0.05, 0) is 77.2 Å². The van der Waals surface area contributed by atoms with Gasteiger partial charge in [-0.25, -0.2) is 9.59 Å². The van der Waals surface area contributed by atoms with Gasteiger partial charge in [-0.1, -0.05) is 24.6 Å². The Balaban J connectivity index is 0.000000534. The van der Waals surface area contributed by atoms with Gasteiger partial charge in [-0.3, -0.25) is 0 Å². The van der Waals surface area contributed by atoms with Gasteiger partial charge in [-0.2, -0.15) is 13.2 Å². The molecule has 1 aromatic rings. The number of aliphatic carboxylic acids is 2. The molecule has 1 unspecified atom stereocenters. The lowest BCUT2D eigenvalue weighted by atomic mass is 9.67. The molecular weight excluding hydrogens is 427 g/mol. The summed E-state index contributed by atoms with van der Waals surface area (Å²) in [5, 5.41) is 14.8. The molecule has 1 atom stereocenters. The third-order valence-electron chi connectivity index (χ3n) is 6.18. The minimum Gasteiger partial charge on any atom is -0.473 e. The summed E-state index contributed by atoms with van der Waals surface area (Å²) < 4.78 is 45.7. The number of hydrogen-bond donors (Lipinski definition) is 2. The first kappa shape index (κ1) is 26.1. The Morgan fingerprint density at radius 3 is 2.25 bits per heavy atom. The number of ether oxygens (including phenoxy) is 1. The second-order valence-corrected chi connectivity index (χ2v) is 9.16. The number of carboxylic acid groups (broad SMARTS) is 2. The highest BCUT2D eigenvalue weighted by Crippen LogP contribution is 2.45. The number of likely N-dealkylation sites (tertiary alicyclic amines) is 1. The van der Waals surface area contributed by atoms with Crippen molar-refractivity contribution in [3.05, 3.63) is 35.4 Å². The van der Waals surface area contributed by atoms with Crippen LogP contribution in [0, 0.1) is 0 Å². The molecule has 2 N–H and O–H groups in total. The number of piperidine rings is 1. The summed E-state index contributed by atoms with van der Waals surface area (Å²) in [4.78, 5) is 20.7. The molecule has 0 saturated carbocycles. The molecule has 2 heterocycles. The minimum absolute atomic E-state index is 0.250. The lowest BCUT2D eigenvalue weighted by Gasteiger charge is -2.46. The molecule has 2 saturated heterocycles. The quantitative estimate of drug-likeness (QED) is 0.642. The van der Waals surface area contributed by atoms with E-state index in [0.717, 1.165) is 44.5 Å². The fourth-order valence-corrected chi connectivity index (χ4v) is 4.66. The van der Waals surface area contributed by atoms with Crippen LogP contribution in [-0.2, 0) is 25.9 Å². The number of benzene rings is 1. The topological polar surface area (TPSA) is 87.1 Å². The highest BCUT2D eigenvalue weighted by atomic mass is 19.4. The van der Waals surface area contributed by atoms with Gasteiger partial charge >= 0.3 is 18.1 Å². The van der Waals surface area contributed by atoms with Crippen LogP contribution in [0.2, 0.25) is 0 Å². The highest BCUT2D eigenvalue weighted by Gasteiger charge is 2.43. The Hall–Kier alpha value is -2.13. The van der Waals surface area contributed by atoms with Crippen LogP contribution in [-0.4, -0.2) is 58.9 Å². The molecule has 1 aromatic carbocycles. The Bertz CT molecular complexity index is 778. The van der Waals surface area contributed by atoms with Crippen LogP contribution >= 0.6 is 0 Å². The number of alkyl halides is 3. The fourth-order valence-electron chi connectivity index (χ4n) is 4.66. The van der Waals surface area contributed by atoms with Crippen LogP contribution < -0.4 is 0 Å². The van der Waals surface area contributed by atoms with Crippen LogP contribution in [0.4, 0.5) is 13.2 Å². The summed E-state index contributed by atoms with van der Waals surface area (Å²) in [7, 11) is 0. The zero-order chi connectivity index (χ0) is 24.0. The van der Waals surface area contributed by atoms with Gasteiger partial charge in [0.15, 0.2) is 0 Å². The van der Waals surface area contributed by atoms with Crippen LogP contribution in [0.5, 0.6) is 0 Å². The first-order valence-electron chi connectivity index (χ1n) is 10.8. The number of halogens is 3. The Kier molecular flexibility index (Phi) is 8.70. The Morgan fingerprint density at radius 1 is 1.09 bits per heavy atom. The van der Waals surface area contributed by atoms with Gasteiger partial charge in [0.2, 0.25) is 0 Å². The van der Waals surface area contributed by atoms with Gasteiger partial charge in [-0.15, -0.1) is 0 Å². The van der Waals surface area contributed by atoms with E-state index >= 15 is 0 Å². The second kappa shape index (κ2) is 10.7. The molecule has 0 radical (unpaired) electrons. The first-order chi connectivity index (χ1) is 14.8. The van der Waals surface area contributed by atoms with Crippen LogP contribution in [0.25, 0.3) is 0 Å². The summed E-state index contributed by atoms with van der Waals surface area (Å²) in [6, 6.07) is 5.99. The van der Waals surface area contributed by atoms with E-state index < -0.39 is 23.7 Å². The third kappa shape index (κ3) is 7.48. The zero-order valence-corrected chi connectivity index (χ0v) is 18.6. The molecule has 0 spiro atoms. The molecule has 3 rings (SSSR count). The van der Waals surface area contributed by atoms with Gasteiger partial charge < -0.3 is 19.8 Å². The maximum Gasteiger partial charge on any atom is 0.416 e. The normalized spacial score (nSPS) is 23.7. The van der Waals surface area contributed by atoms with Crippen molar-refractivity contribution in [1.29, 1.82) is 0 Å². The number of nitrogens with zero attached hydrogens (tertiary/aromatic N) is 1. The first-order valence-corrected chi connectivity index (χ1v) is 10.8. The van der Waals surface area contributed by atoms with Crippen molar-refractivity contribution in [2.75, 3.05) is 26.2 Å². The maximum atomic E-state index is 13.3. The molecule has 0 aliphatic carbocycles. The number of carboxylic acids is 2. The lowest BCUT2D eigenvalue weighted by molar-refractivity contribution is -0.159. The standard InChI is InChI=1S/C21H30F3NO.C2H2O4/c1-19(2)16-20(10-14-26-19,9-13-25-11-4-3-5-12-25)17-7-6-8-18(15-17)21(22,23)24;3-1(4)2(5)6/h6-8,15H,3-5,9-14,16H2,1-2H3;(H,3,4)(H,5,6). The molecule has 2 aliphatic heterocycles. The molecule has 6 nitrogen and oxygen atoms in total. The molecule has 32 heavy (non-hydrogen) atoms. The molecular formula is C23H32F3NO5.